The maximum absolute atomic E-state index is 12.6. The van der Waals surface area contributed by atoms with Gasteiger partial charge in [0.2, 0.25) is 5.91 Å². The second-order valence-electron chi connectivity index (χ2n) is 8.33. The number of piperidine rings is 1. The summed E-state index contributed by atoms with van der Waals surface area (Å²) in [5, 5.41) is 1.78. The Morgan fingerprint density at radius 3 is 2.61 bits per heavy atom. The zero-order valence-corrected chi connectivity index (χ0v) is 19.1. The Balaban J connectivity index is 1.27. The molecule has 1 saturated heterocycles. The van der Waals surface area contributed by atoms with Crippen molar-refractivity contribution in [3.63, 3.8) is 0 Å². The summed E-state index contributed by atoms with van der Waals surface area (Å²) >= 11 is 5.84. The first-order valence-corrected chi connectivity index (χ1v) is 13.0. The van der Waals surface area contributed by atoms with Crippen molar-refractivity contribution in [1.82, 2.24) is 14.5 Å². The highest BCUT2D eigenvalue weighted by Crippen LogP contribution is 2.30. The normalized spacial score (nSPS) is 17.8. The van der Waals surface area contributed by atoms with Gasteiger partial charge in [0.15, 0.2) is 9.84 Å². The van der Waals surface area contributed by atoms with Crippen molar-refractivity contribution in [2.75, 3.05) is 18.8 Å². The number of carbonyl (C=O) groups is 1. The Bertz CT molecular complexity index is 1050. The number of hydrogen-bond acceptors (Lipinski definition) is 4. The molecule has 1 aromatic heterocycles. The summed E-state index contributed by atoms with van der Waals surface area (Å²) in [6.07, 6.45) is 8.84. The molecule has 31 heavy (non-hydrogen) atoms. The number of imidazole rings is 1. The summed E-state index contributed by atoms with van der Waals surface area (Å²) in [6, 6.07) is 6.92. The van der Waals surface area contributed by atoms with Gasteiger partial charge in [0.25, 0.3) is 0 Å². The van der Waals surface area contributed by atoms with Crippen molar-refractivity contribution >= 4 is 33.4 Å². The zero-order valence-electron chi connectivity index (χ0n) is 17.5. The molecule has 1 fully saturated rings. The predicted octanol–water partition coefficient (Wildman–Crippen LogP) is 4.05. The number of aryl methyl sites for hydroxylation is 1. The number of benzene rings is 1. The van der Waals surface area contributed by atoms with Crippen LogP contribution in [0.3, 0.4) is 0 Å². The number of aromatic nitrogens is 2. The highest BCUT2D eigenvalue weighted by atomic mass is 35.5. The van der Waals surface area contributed by atoms with Crippen LogP contribution in [0.4, 0.5) is 0 Å². The quantitative estimate of drug-likeness (QED) is 0.650. The van der Waals surface area contributed by atoms with Crippen LogP contribution >= 0.6 is 11.6 Å². The van der Waals surface area contributed by atoms with E-state index < -0.39 is 9.84 Å². The van der Waals surface area contributed by atoms with Gasteiger partial charge in [-0.1, -0.05) is 23.7 Å². The van der Waals surface area contributed by atoms with Gasteiger partial charge in [0, 0.05) is 60.7 Å². The highest BCUT2D eigenvalue weighted by molar-refractivity contribution is 7.94. The van der Waals surface area contributed by atoms with Crippen molar-refractivity contribution in [2.24, 2.45) is 0 Å². The van der Waals surface area contributed by atoms with Crippen molar-refractivity contribution in [2.45, 2.75) is 51.0 Å². The summed E-state index contributed by atoms with van der Waals surface area (Å²) in [7, 11) is -3.45. The number of likely N-dealkylation sites (tertiary alicyclic amines) is 1. The van der Waals surface area contributed by atoms with Crippen LogP contribution in [-0.4, -0.2) is 47.6 Å². The van der Waals surface area contributed by atoms with Gasteiger partial charge < -0.3 is 9.47 Å². The number of sulfone groups is 1. The molecule has 0 unspecified atom stereocenters. The fourth-order valence-corrected chi connectivity index (χ4v) is 5.49. The van der Waals surface area contributed by atoms with Gasteiger partial charge in [0.05, 0.1) is 5.75 Å². The zero-order chi connectivity index (χ0) is 21.8. The molecule has 2 aromatic rings. The van der Waals surface area contributed by atoms with E-state index in [2.05, 4.69) is 9.55 Å². The van der Waals surface area contributed by atoms with E-state index in [9.17, 15) is 13.2 Å². The van der Waals surface area contributed by atoms with Gasteiger partial charge in [-0.25, -0.2) is 13.4 Å². The number of carbonyl (C=O) groups excluding carboxylic acids is 1. The third-order valence-electron chi connectivity index (χ3n) is 6.21. The molecule has 4 rings (SSSR count). The molecule has 1 amide bonds. The molecule has 166 valence electrons. The Hall–Kier alpha value is -2.12. The highest BCUT2D eigenvalue weighted by Gasteiger charge is 2.27. The topological polar surface area (TPSA) is 72.3 Å². The van der Waals surface area contributed by atoms with Crippen LogP contribution in [-0.2, 0) is 27.6 Å². The molecular weight excluding hydrogens is 434 g/mol. The molecule has 0 atom stereocenters. The largest absolute Gasteiger partial charge is 0.343 e. The SMILES string of the molecule is O=C(CCS(=O)(=O)C=Cc1ccc(Cl)cc1)N1CCC(c2cnc3n2CCCC3)CC1. The van der Waals surface area contributed by atoms with E-state index in [1.807, 2.05) is 11.1 Å². The van der Waals surface area contributed by atoms with Crippen molar-refractivity contribution in [1.29, 1.82) is 0 Å². The smallest absolute Gasteiger partial charge is 0.223 e. The lowest BCUT2D eigenvalue weighted by Gasteiger charge is -2.33. The molecule has 0 aliphatic carbocycles. The van der Waals surface area contributed by atoms with Gasteiger partial charge in [-0.15, -0.1) is 0 Å². The molecule has 3 heterocycles. The van der Waals surface area contributed by atoms with Crippen LogP contribution in [0.15, 0.2) is 35.9 Å². The van der Waals surface area contributed by atoms with Gasteiger partial charge >= 0.3 is 0 Å². The Labute approximate surface area is 188 Å². The van der Waals surface area contributed by atoms with Crippen molar-refractivity contribution in [3.8, 4) is 0 Å². The Morgan fingerprint density at radius 2 is 1.87 bits per heavy atom. The van der Waals surface area contributed by atoms with Crippen LogP contribution in [0.1, 0.15) is 55.1 Å². The van der Waals surface area contributed by atoms with E-state index in [-0.39, 0.29) is 18.1 Å². The van der Waals surface area contributed by atoms with Crippen LogP contribution in [0.25, 0.3) is 6.08 Å². The second-order valence-corrected chi connectivity index (χ2v) is 10.8. The minimum absolute atomic E-state index is 0.0139. The average molecular weight is 462 g/mol. The van der Waals surface area contributed by atoms with E-state index in [0.29, 0.717) is 24.0 Å². The second kappa shape index (κ2) is 9.57. The molecule has 0 spiro atoms. The first-order chi connectivity index (χ1) is 14.9. The van der Waals surface area contributed by atoms with Gasteiger partial charge in [-0.3, -0.25) is 4.79 Å². The van der Waals surface area contributed by atoms with Gasteiger partial charge in [0.1, 0.15) is 5.82 Å². The molecule has 8 heteroatoms. The fourth-order valence-electron chi connectivity index (χ4n) is 4.40. The molecular formula is C23H28ClN3O3S. The minimum atomic E-state index is -3.45. The molecule has 0 radical (unpaired) electrons. The van der Waals surface area contributed by atoms with Crippen LogP contribution in [0, 0.1) is 0 Å². The standard InChI is InChI=1S/C23H28ClN3O3S/c24-20-6-4-18(5-7-20)10-15-31(29,30)16-11-23(28)26-13-8-19(9-14-26)21-17-25-22-3-1-2-12-27(21)22/h4-7,10,15,17,19H,1-3,8-9,11-14,16H2. The molecule has 2 aliphatic rings. The van der Waals surface area contributed by atoms with Crippen LogP contribution < -0.4 is 0 Å². The van der Waals surface area contributed by atoms with E-state index in [4.69, 9.17) is 11.6 Å². The first-order valence-electron chi connectivity index (χ1n) is 10.9. The number of amides is 1. The van der Waals surface area contributed by atoms with E-state index in [1.165, 1.54) is 35.8 Å². The molecule has 2 aliphatic heterocycles. The van der Waals surface area contributed by atoms with E-state index in [0.717, 1.165) is 31.4 Å². The first kappa shape index (κ1) is 22.1. The maximum Gasteiger partial charge on any atom is 0.223 e. The number of halogens is 1. The molecule has 0 N–H and O–H groups in total. The number of nitrogens with zero attached hydrogens (tertiary/aromatic N) is 3. The van der Waals surface area contributed by atoms with Crippen LogP contribution in [0.5, 0.6) is 0 Å². The molecule has 0 bridgehead atoms. The summed E-state index contributed by atoms with van der Waals surface area (Å²) in [4.78, 5) is 19.0. The lowest BCUT2D eigenvalue weighted by atomic mass is 9.93. The number of hydrogen-bond donors (Lipinski definition) is 0. The van der Waals surface area contributed by atoms with Crippen LogP contribution in [0.2, 0.25) is 5.02 Å². The predicted molar refractivity (Wildman–Crippen MR) is 123 cm³/mol. The summed E-state index contributed by atoms with van der Waals surface area (Å²) in [5.74, 6) is 1.36. The Kier molecular flexibility index (Phi) is 6.82. The third kappa shape index (κ3) is 5.57. The van der Waals surface area contributed by atoms with E-state index in [1.54, 1.807) is 24.3 Å². The van der Waals surface area contributed by atoms with Gasteiger partial charge in [-0.2, -0.15) is 0 Å². The number of rotatable bonds is 6. The number of fused-ring (bicyclic) bond motifs is 1. The van der Waals surface area contributed by atoms with E-state index >= 15 is 0 Å². The molecule has 0 saturated carbocycles. The molecule has 1 aromatic carbocycles. The van der Waals surface area contributed by atoms with Gasteiger partial charge in [-0.05, 0) is 49.5 Å². The average Bonchev–Trinajstić information content (AvgIpc) is 3.21. The third-order valence-corrected chi connectivity index (χ3v) is 7.78. The van der Waals surface area contributed by atoms with Crippen molar-refractivity contribution < 1.29 is 13.2 Å². The fraction of sp³-hybridized carbons (Fsp3) is 0.478. The van der Waals surface area contributed by atoms with Crippen molar-refractivity contribution in [3.05, 3.63) is 58.0 Å². The summed E-state index contributed by atoms with van der Waals surface area (Å²) in [5.41, 5.74) is 2.06. The lowest BCUT2D eigenvalue weighted by Crippen LogP contribution is -2.39. The maximum atomic E-state index is 12.6. The summed E-state index contributed by atoms with van der Waals surface area (Å²) < 4.78 is 27.0. The monoisotopic (exact) mass is 461 g/mol. The molecule has 6 nitrogen and oxygen atoms in total. The minimum Gasteiger partial charge on any atom is -0.343 e. The summed E-state index contributed by atoms with van der Waals surface area (Å²) in [6.45, 7) is 2.39. The Morgan fingerprint density at radius 1 is 1.13 bits per heavy atom. The lowest BCUT2D eigenvalue weighted by molar-refractivity contribution is -0.131.